The summed E-state index contributed by atoms with van der Waals surface area (Å²) in [5.74, 6) is -0.459. The van der Waals surface area contributed by atoms with E-state index in [4.69, 9.17) is 22.1 Å². The van der Waals surface area contributed by atoms with Crippen LogP contribution in [0.25, 0.3) is 16.8 Å². The van der Waals surface area contributed by atoms with Gasteiger partial charge in [-0.15, -0.1) is 0 Å². The summed E-state index contributed by atoms with van der Waals surface area (Å²) < 4.78 is 6.22. The molecule has 0 unspecified atom stereocenters. The van der Waals surface area contributed by atoms with E-state index >= 15 is 0 Å². The highest BCUT2D eigenvalue weighted by molar-refractivity contribution is 8.26. The monoisotopic (exact) mass is 373 g/mol. The van der Waals surface area contributed by atoms with Crippen LogP contribution in [-0.2, 0) is 9.59 Å². The molecule has 1 amide bonds. The first-order valence-electron chi connectivity index (χ1n) is 7.66. The Kier molecular flexibility index (Phi) is 5.35. The fourth-order valence-electron chi connectivity index (χ4n) is 2.51. The lowest BCUT2D eigenvalue weighted by atomic mass is 10.0. The number of thioether (sulfide) groups is 1. The number of carboxylic acid groups (broad SMARTS) is 1. The number of amides is 1. The standard InChI is InChI=1S/C18H15NO4S2/c20-16(21)6-3-9-23-14-8-7-11-4-1-2-5-12(11)13(14)10-15-17(22)19-18(24)25-15/h1-2,4-5,7-8,10H,3,6,9H2,(H,20,21)(H,19,22,24)/b15-10-. The fourth-order valence-corrected chi connectivity index (χ4v) is 3.53. The van der Waals surface area contributed by atoms with Crippen LogP contribution in [0.15, 0.2) is 41.3 Å². The van der Waals surface area contributed by atoms with E-state index in [0.29, 0.717) is 28.0 Å². The summed E-state index contributed by atoms with van der Waals surface area (Å²) in [6.45, 7) is 0.290. The highest BCUT2D eigenvalue weighted by Gasteiger charge is 2.23. The number of rotatable bonds is 6. The van der Waals surface area contributed by atoms with E-state index in [1.807, 2.05) is 36.4 Å². The SMILES string of the molecule is O=C(O)CCCOc1ccc2ccccc2c1/C=C1\SC(=S)NC1=O. The Hall–Kier alpha value is -2.38. The summed E-state index contributed by atoms with van der Waals surface area (Å²) in [5.41, 5.74) is 0.788. The van der Waals surface area contributed by atoms with Crippen molar-refractivity contribution < 1.29 is 19.4 Å². The third-order valence-electron chi connectivity index (χ3n) is 3.64. The van der Waals surface area contributed by atoms with Crippen LogP contribution >= 0.6 is 24.0 Å². The van der Waals surface area contributed by atoms with Gasteiger partial charge in [0.25, 0.3) is 5.91 Å². The molecule has 3 rings (SSSR count). The Bertz CT molecular complexity index is 892. The zero-order valence-electron chi connectivity index (χ0n) is 13.2. The van der Waals surface area contributed by atoms with Gasteiger partial charge < -0.3 is 15.2 Å². The molecule has 0 saturated carbocycles. The first-order valence-corrected chi connectivity index (χ1v) is 8.88. The number of aliphatic carboxylic acids is 1. The molecule has 1 aliphatic heterocycles. The van der Waals surface area contributed by atoms with Gasteiger partial charge in [-0.2, -0.15) is 0 Å². The van der Waals surface area contributed by atoms with Crippen LogP contribution < -0.4 is 10.1 Å². The third-order valence-corrected chi connectivity index (χ3v) is 4.80. The van der Waals surface area contributed by atoms with Crippen LogP contribution in [0.2, 0.25) is 0 Å². The zero-order valence-corrected chi connectivity index (χ0v) is 14.8. The molecule has 0 aliphatic carbocycles. The van der Waals surface area contributed by atoms with Crippen molar-refractivity contribution in [2.24, 2.45) is 0 Å². The van der Waals surface area contributed by atoms with E-state index in [1.54, 1.807) is 6.08 Å². The van der Waals surface area contributed by atoms with Crippen LogP contribution in [0.3, 0.4) is 0 Å². The molecule has 1 saturated heterocycles. The average Bonchev–Trinajstić information content (AvgIpc) is 2.90. The number of hydrogen-bond acceptors (Lipinski definition) is 5. The van der Waals surface area contributed by atoms with E-state index < -0.39 is 5.97 Å². The second-order valence-electron chi connectivity index (χ2n) is 5.40. The molecule has 0 bridgehead atoms. The van der Waals surface area contributed by atoms with Gasteiger partial charge in [0, 0.05) is 12.0 Å². The van der Waals surface area contributed by atoms with E-state index in [-0.39, 0.29) is 12.3 Å². The lowest BCUT2D eigenvalue weighted by molar-refractivity contribution is -0.137. The van der Waals surface area contributed by atoms with Crippen LogP contribution in [-0.4, -0.2) is 27.9 Å². The van der Waals surface area contributed by atoms with E-state index in [2.05, 4.69) is 5.32 Å². The molecule has 5 nitrogen and oxygen atoms in total. The Labute approximate surface area is 154 Å². The van der Waals surface area contributed by atoms with Gasteiger partial charge in [-0.1, -0.05) is 54.3 Å². The minimum absolute atomic E-state index is 0.0521. The van der Waals surface area contributed by atoms with Gasteiger partial charge in [0.2, 0.25) is 0 Å². The van der Waals surface area contributed by atoms with Crippen molar-refractivity contribution in [2.75, 3.05) is 6.61 Å². The van der Waals surface area contributed by atoms with Crippen LogP contribution in [0.4, 0.5) is 0 Å². The van der Waals surface area contributed by atoms with Gasteiger partial charge in [-0.25, -0.2) is 0 Å². The number of carbonyl (C=O) groups is 2. The number of ether oxygens (including phenoxy) is 1. The lowest BCUT2D eigenvalue weighted by Gasteiger charge is -2.12. The normalized spacial score (nSPS) is 15.6. The molecule has 128 valence electrons. The summed E-state index contributed by atoms with van der Waals surface area (Å²) >= 11 is 6.25. The minimum atomic E-state index is -0.850. The number of nitrogens with one attached hydrogen (secondary N) is 1. The second-order valence-corrected chi connectivity index (χ2v) is 7.12. The molecule has 0 spiro atoms. The highest BCUT2D eigenvalue weighted by Crippen LogP contribution is 2.34. The maximum absolute atomic E-state index is 12.0. The second kappa shape index (κ2) is 7.67. The summed E-state index contributed by atoms with van der Waals surface area (Å²) in [7, 11) is 0. The van der Waals surface area contributed by atoms with Gasteiger partial charge in [0.15, 0.2) is 0 Å². The lowest BCUT2D eigenvalue weighted by Crippen LogP contribution is -2.17. The van der Waals surface area contributed by atoms with Gasteiger partial charge in [-0.3, -0.25) is 9.59 Å². The molecule has 0 radical (unpaired) electrons. The smallest absolute Gasteiger partial charge is 0.303 e. The summed E-state index contributed by atoms with van der Waals surface area (Å²) in [6.07, 6.45) is 2.24. The predicted molar refractivity (Wildman–Crippen MR) is 103 cm³/mol. The average molecular weight is 373 g/mol. The number of hydrogen-bond donors (Lipinski definition) is 2. The first-order chi connectivity index (χ1) is 12.0. The highest BCUT2D eigenvalue weighted by atomic mass is 32.2. The number of fused-ring (bicyclic) bond motifs is 1. The van der Waals surface area contributed by atoms with Gasteiger partial charge >= 0.3 is 5.97 Å². The summed E-state index contributed by atoms with van der Waals surface area (Å²) in [4.78, 5) is 23.1. The maximum Gasteiger partial charge on any atom is 0.303 e. The Morgan fingerprint density at radius 3 is 2.80 bits per heavy atom. The first kappa shape index (κ1) is 17.4. The molecule has 7 heteroatoms. The summed E-state index contributed by atoms with van der Waals surface area (Å²) in [5, 5.41) is 13.3. The molecular formula is C18H15NO4S2. The quantitative estimate of drug-likeness (QED) is 0.458. The van der Waals surface area contributed by atoms with Crippen molar-refractivity contribution >= 4 is 57.0 Å². The van der Waals surface area contributed by atoms with Gasteiger partial charge in [0.05, 0.1) is 11.5 Å². The number of thiocarbonyl (C=S) groups is 1. The Morgan fingerprint density at radius 1 is 1.28 bits per heavy atom. The summed E-state index contributed by atoms with van der Waals surface area (Å²) in [6, 6.07) is 11.6. The number of carbonyl (C=O) groups excluding carboxylic acids is 1. The molecule has 1 fully saturated rings. The Balaban J connectivity index is 1.96. The molecule has 0 aromatic heterocycles. The Morgan fingerprint density at radius 2 is 2.08 bits per heavy atom. The maximum atomic E-state index is 12.0. The molecule has 1 heterocycles. The number of benzene rings is 2. The van der Waals surface area contributed by atoms with Crippen molar-refractivity contribution in [2.45, 2.75) is 12.8 Å². The van der Waals surface area contributed by atoms with E-state index in [0.717, 1.165) is 16.3 Å². The fraction of sp³-hybridized carbons (Fsp3) is 0.167. The minimum Gasteiger partial charge on any atom is -0.493 e. The largest absolute Gasteiger partial charge is 0.493 e. The zero-order chi connectivity index (χ0) is 17.8. The molecule has 25 heavy (non-hydrogen) atoms. The van der Waals surface area contributed by atoms with Crippen molar-refractivity contribution in [3.8, 4) is 5.75 Å². The van der Waals surface area contributed by atoms with Crippen LogP contribution in [0.1, 0.15) is 18.4 Å². The predicted octanol–water partition coefficient (Wildman–Crippen LogP) is 3.57. The molecule has 2 N–H and O–H groups in total. The van der Waals surface area contributed by atoms with Crippen LogP contribution in [0, 0.1) is 0 Å². The molecule has 2 aromatic carbocycles. The molecule has 1 aliphatic rings. The van der Waals surface area contributed by atoms with Crippen molar-refractivity contribution in [1.82, 2.24) is 5.32 Å². The van der Waals surface area contributed by atoms with Crippen LogP contribution in [0.5, 0.6) is 5.75 Å². The van der Waals surface area contributed by atoms with E-state index in [1.165, 1.54) is 11.8 Å². The van der Waals surface area contributed by atoms with Gasteiger partial charge in [-0.05, 0) is 29.3 Å². The third kappa shape index (κ3) is 4.18. The van der Waals surface area contributed by atoms with Gasteiger partial charge in [0.1, 0.15) is 10.1 Å². The number of carboxylic acids is 1. The topological polar surface area (TPSA) is 75.6 Å². The van der Waals surface area contributed by atoms with Crippen molar-refractivity contribution in [3.63, 3.8) is 0 Å². The van der Waals surface area contributed by atoms with Crippen molar-refractivity contribution in [1.29, 1.82) is 0 Å². The molecule has 0 atom stereocenters. The van der Waals surface area contributed by atoms with Crippen molar-refractivity contribution in [3.05, 3.63) is 46.9 Å². The molecular weight excluding hydrogens is 358 g/mol. The molecule has 2 aromatic rings. The van der Waals surface area contributed by atoms with E-state index in [9.17, 15) is 9.59 Å².